The second-order valence-electron chi connectivity index (χ2n) is 6.29. The van der Waals surface area contributed by atoms with E-state index in [9.17, 15) is 0 Å². The number of halogens is 1. The molecule has 3 heteroatoms. The first-order valence-electron chi connectivity index (χ1n) is 8.70. The summed E-state index contributed by atoms with van der Waals surface area (Å²) >= 11 is 3.51. The molecule has 1 heterocycles. The Morgan fingerprint density at radius 1 is 0.808 bits per heavy atom. The highest BCUT2D eigenvalue weighted by atomic mass is 79.9. The highest BCUT2D eigenvalue weighted by molar-refractivity contribution is 9.10. The summed E-state index contributed by atoms with van der Waals surface area (Å²) in [5.41, 5.74) is 4.66. The van der Waals surface area contributed by atoms with Crippen molar-refractivity contribution < 1.29 is 0 Å². The molecule has 0 N–H and O–H groups in total. The van der Waals surface area contributed by atoms with Crippen molar-refractivity contribution in [2.45, 2.75) is 12.5 Å². The third kappa shape index (κ3) is 3.78. The average Bonchev–Trinajstić information content (AvgIpc) is 3.13. The predicted octanol–water partition coefficient (Wildman–Crippen LogP) is 6.47. The summed E-state index contributed by atoms with van der Waals surface area (Å²) < 4.78 is 1.07. The Morgan fingerprint density at radius 3 is 2.15 bits per heavy atom. The van der Waals surface area contributed by atoms with Gasteiger partial charge in [0.2, 0.25) is 0 Å². The summed E-state index contributed by atoms with van der Waals surface area (Å²) in [5, 5.41) is 7.04. The fraction of sp³-hybridized carbons (Fsp3) is 0.0870. The Bertz CT molecular complexity index is 915. The molecule has 1 atom stereocenters. The molecule has 1 aliphatic rings. The van der Waals surface area contributed by atoms with Crippen LogP contribution in [0.4, 0.5) is 5.69 Å². The van der Waals surface area contributed by atoms with Crippen LogP contribution in [0.2, 0.25) is 0 Å². The molecule has 0 aromatic heterocycles. The van der Waals surface area contributed by atoms with Gasteiger partial charge < -0.3 is 0 Å². The summed E-state index contributed by atoms with van der Waals surface area (Å²) in [6.07, 6.45) is 5.15. The van der Waals surface area contributed by atoms with Crippen molar-refractivity contribution >= 4 is 33.4 Å². The standard InChI is InChI=1S/C23H19BrN2/c24-20-12-15-22(16-13-20)26-23(19-9-5-2-6-10-19)17-21(25-26)14-11-18-7-3-1-4-8-18/h1-16,23H,17H2/b14-11+. The van der Waals surface area contributed by atoms with Gasteiger partial charge in [-0.05, 0) is 41.5 Å². The van der Waals surface area contributed by atoms with Crippen LogP contribution < -0.4 is 5.01 Å². The Hall–Kier alpha value is -2.65. The lowest BCUT2D eigenvalue weighted by Gasteiger charge is -2.24. The molecule has 0 spiro atoms. The van der Waals surface area contributed by atoms with Crippen LogP contribution in [0.15, 0.2) is 101 Å². The van der Waals surface area contributed by atoms with Crippen LogP contribution in [0, 0.1) is 0 Å². The molecule has 3 aromatic rings. The van der Waals surface area contributed by atoms with E-state index in [1.807, 2.05) is 6.07 Å². The summed E-state index contributed by atoms with van der Waals surface area (Å²) in [6, 6.07) is 29.5. The minimum Gasteiger partial charge on any atom is -0.257 e. The minimum atomic E-state index is 0.216. The van der Waals surface area contributed by atoms with Crippen LogP contribution in [0.25, 0.3) is 6.08 Å². The first-order valence-corrected chi connectivity index (χ1v) is 9.49. The number of allylic oxidation sites excluding steroid dienone is 1. The molecule has 0 bridgehead atoms. The second kappa shape index (κ2) is 7.71. The number of nitrogens with zero attached hydrogens (tertiary/aromatic N) is 2. The molecule has 3 aromatic carbocycles. The maximum absolute atomic E-state index is 4.91. The van der Waals surface area contributed by atoms with Gasteiger partial charge in [0.1, 0.15) is 0 Å². The SMILES string of the molecule is Brc1ccc(N2N=C(/C=C/c3ccccc3)CC2c2ccccc2)cc1. The van der Waals surface area contributed by atoms with Crippen molar-refractivity contribution in [3.8, 4) is 0 Å². The van der Waals surface area contributed by atoms with Crippen molar-refractivity contribution in [2.75, 3.05) is 5.01 Å². The quantitative estimate of drug-likeness (QED) is 0.488. The van der Waals surface area contributed by atoms with Gasteiger partial charge in [0.15, 0.2) is 0 Å². The fourth-order valence-corrected chi connectivity index (χ4v) is 3.42. The van der Waals surface area contributed by atoms with Crippen molar-refractivity contribution in [3.63, 3.8) is 0 Å². The van der Waals surface area contributed by atoms with Gasteiger partial charge in [0.25, 0.3) is 0 Å². The normalized spacial score (nSPS) is 16.9. The minimum absolute atomic E-state index is 0.216. The van der Waals surface area contributed by atoms with Gasteiger partial charge in [0, 0.05) is 10.9 Å². The van der Waals surface area contributed by atoms with E-state index in [0.717, 1.165) is 22.3 Å². The van der Waals surface area contributed by atoms with E-state index in [0.29, 0.717) is 0 Å². The summed E-state index contributed by atoms with van der Waals surface area (Å²) in [6.45, 7) is 0. The van der Waals surface area contributed by atoms with Gasteiger partial charge in [-0.2, -0.15) is 5.10 Å². The Morgan fingerprint density at radius 2 is 1.46 bits per heavy atom. The topological polar surface area (TPSA) is 15.6 Å². The van der Waals surface area contributed by atoms with E-state index in [1.54, 1.807) is 0 Å². The van der Waals surface area contributed by atoms with E-state index < -0.39 is 0 Å². The monoisotopic (exact) mass is 402 g/mol. The Kier molecular flexibility index (Phi) is 4.98. The number of anilines is 1. The molecular formula is C23H19BrN2. The summed E-state index contributed by atoms with van der Waals surface area (Å²) in [5.74, 6) is 0. The number of rotatable bonds is 4. The summed E-state index contributed by atoms with van der Waals surface area (Å²) in [4.78, 5) is 0. The molecule has 4 rings (SSSR count). The molecule has 0 amide bonds. The van der Waals surface area contributed by atoms with Gasteiger partial charge in [-0.3, -0.25) is 5.01 Å². The number of hydrazone groups is 1. The fourth-order valence-electron chi connectivity index (χ4n) is 3.16. The molecule has 0 aliphatic carbocycles. The van der Waals surface area contributed by atoms with Gasteiger partial charge >= 0.3 is 0 Å². The average molecular weight is 403 g/mol. The van der Waals surface area contributed by atoms with E-state index >= 15 is 0 Å². The molecule has 0 fully saturated rings. The second-order valence-corrected chi connectivity index (χ2v) is 7.20. The molecule has 0 radical (unpaired) electrons. The highest BCUT2D eigenvalue weighted by Crippen LogP contribution is 2.35. The number of hydrogen-bond donors (Lipinski definition) is 0. The van der Waals surface area contributed by atoms with Crippen molar-refractivity contribution in [1.29, 1.82) is 0 Å². The van der Waals surface area contributed by atoms with Gasteiger partial charge in [-0.1, -0.05) is 82.7 Å². The maximum Gasteiger partial charge on any atom is 0.0831 e. The largest absolute Gasteiger partial charge is 0.257 e. The first-order chi connectivity index (χ1) is 12.8. The Balaban J connectivity index is 1.65. The van der Waals surface area contributed by atoms with Crippen molar-refractivity contribution in [1.82, 2.24) is 0 Å². The van der Waals surface area contributed by atoms with Crippen LogP contribution >= 0.6 is 15.9 Å². The molecule has 0 saturated heterocycles. The zero-order chi connectivity index (χ0) is 17.8. The molecule has 26 heavy (non-hydrogen) atoms. The Labute approximate surface area is 162 Å². The molecule has 2 nitrogen and oxygen atoms in total. The van der Waals surface area contributed by atoms with E-state index in [4.69, 9.17) is 5.10 Å². The molecule has 128 valence electrons. The highest BCUT2D eigenvalue weighted by Gasteiger charge is 2.27. The van der Waals surface area contributed by atoms with Gasteiger partial charge in [-0.25, -0.2) is 0 Å². The van der Waals surface area contributed by atoms with Crippen molar-refractivity contribution in [3.05, 3.63) is 107 Å². The van der Waals surface area contributed by atoms with E-state index in [-0.39, 0.29) is 6.04 Å². The van der Waals surface area contributed by atoms with Crippen LogP contribution in [-0.2, 0) is 0 Å². The van der Waals surface area contributed by atoms with E-state index in [1.165, 1.54) is 11.1 Å². The van der Waals surface area contributed by atoms with Gasteiger partial charge in [-0.15, -0.1) is 0 Å². The van der Waals surface area contributed by atoms with Crippen LogP contribution in [0.1, 0.15) is 23.6 Å². The van der Waals surface area contributed by atoms with Crippen LogP contribution in [-0.4, -0.2) is 5.71 Å². The van der Waals surface area contributed by atoms with Gasteiger partial charge in [0.05, 0.1) is 17.4 Å². The lowest BCUT2D eigenvalue weighted by atomic mass is 10.0. The molecular weight excluding hydrogens is 384 g/mol. The zero-order valence-electron chi connectivity index (χ0n) is 14.3. The van der Waals surface area contributed by atoms with E-state index in [2.05, 4.69) is 112 Å². The number of benzene rings is 3. The third-order valence-corrected chi connectivity index (χ3v) is 5.01. The lowest BCUT2D eigenvalue weighted by Crippen LogP contribution is -2.18. The predicted molar refractivity (Wildman–Crippen MR) is 113 cm³/mol. The number of hydrogen-bond acceptors (Lipinski definition) is 2. The molecule has 1 aliphatic heterocycles. The summed E-state index contributed by atoms with van der Waals surface area (Å²) in [7, 11) is 0. The van der Waals surface area contributed by atoms with Crippen LogP contribution in [0.3, 0.4) is 0 Å². The molecule has 1 unspecified atom stereocenters. The third-order valence-electron chi connectivity index (χ3n) is 4.48. The zero-order valence-corrected chi connectivity index (χ0v) is 15.9. The van der Waals surface area contributed by atoms with Crippen LogP contribution in [0.5, 0.6) is 0 Å². The molecule has 0 saturated carbocycles. The smallest absolute Gasteiger partial charge is 0.0831 e. The van der Waals surface area contributed by atoms with Crippen molar-refractivity contribution in [2.24, 2.45) is 5.10 Å². The lowest BCUT2D eigenvalue weighted by molar-refractivity contribution is 0.709. The first kappa shape index (κ1) is 16.8. The maximum atomic E-state index is 4.91.